The Morgan fingerprint density at radius 1 is 1.29 bits per heavy atom. The highest BCUT2D eigenvalue weighted by Crippen LogP contribution is 2.25. The zero-order valence-corrected chi connectivity index (χ0v) is 13.0. The third-order valence-corrected chi connectivity index (χ3v) is 6.46. The monoisotopic (exact) mass is 382 g/mol. The number of sulfone groups is 1. The van der Waals surface area contributed by atoms with Gasteiger partial charge in [-0.05, 0) is 11.6 Å². The maximum atomic E-state index is 11.4. The lowest BCUT2D eigenvalue weighted by Crippen LogP contribution is -2.22. The second-order valence-electron chi connectivity index (χ2n) is 4.03. The second kappa shape index (κ2) is 5.38. The number of benzene rings is 1. The first-order valence-electron chi connectivity index (χ1n) is 5.17. The standard InChI is InChI=1S/C11H12Br2O3S/c12-9-4-2-1-3-8(9)5-16-11-7-17(14,15)6-10(11)13/h1-4,10-11H,5-7H2. The van der Waals surface area contributed by atoms with E-state index in [0.29, 0.717) is 6.61 Å². The zero-order valence-electron chi connectivity index (χ0n) is 8.97. The molecule has 1 aromatic carbocycles. The van der Waals surface area contributed by atoms with Gasteiger partial charge in [-0.15, -0.1) is 0 Å². The fraction of sp³-hybridized carbons (Fsp3) is 0.455. The van der Waals surface area contributed by atoms with E-state index in [0.717, 1.165) is 10.0 Å². The van der Waals surface area contributed by atoms with Crippen LogP contribution in [0.4, 0.5) is 0 Å². The molecule has 0 amide bonds. The molecular weight excluding hydrogens is 372 g/mol. The van der Waals surface area contributed by atoms with Gasteiger partial charge in [-0.3, -0.25) is 0 Å². The molecule has 1 aliphatic heterocycles. The first-order valence-corrected chi connectivity index (χ1v) is 8.70. The molecule has 1 aromatic rings. The van der Waals surface area contributed by atoms with E-state index in [4.69, 9.17) is 4.74 Å². The first kappa shape index (κ1) is 13.5. The van der Waals surface area contributed by atoms with E-state index >= 15 is 0 Å². The minimum Gasteiger partial charge on any atom is -0.371 e. The molecule has 0 N–H and O–H groups in total. The summed E-state index contributed by atoms with van der Waals surface area (Å²) in [5, 5.41) is 0. The number of ether oxygens (including phenoxy) is 1. The molecule has 0 saturated carbocycles. The summed E-state index contributed by atoms with van der Waals surface area (Å²) in [6.07, 6.45) is -0.257. The third kappa shape index (κ3) is 3.53. The van der Waals surface area contributed by atoms with E-state index in [2.05, 4.69) is 31.9 Å². The molecule has 2 unspecified atom stereocenters. The van der Waals surface area contributed by atoms with E-state index in [1.54, 1.807) is 0 Å². The molecule has 17 heavy (non-hydrogen) atoms. The smallest absolute Gasteiger partial charge is 0.154 e. The molecular formula is C11H12Br2O3S. The van der Waals surface area contributed by atoms with Gasteiger partial charge in [-0.1, -0.05) is 50.1 Å². The molecule has 94 valence electrons. The van der Waals surface area contributed by atoms with Crippen molar-refractivity contribution in [1.29, 1.82) is 0 Å². The normalized spacial score (nSPS) is 27.2. The van der Waals surface area contributed by atoms with Gasteiger partial charge < -0.3 is 4.74 Å². The third-order valence-electron chi connectivity index (χ3n) is 2.65. The molecule has 0 aliphatic carbocycles. The Balaban J connectivity index is 1.98. The maximum Gasteiger partial charge on any atom is 0.154 e. The first-order chi connectivity index (χ1) is 7.98. The summed E-state index contributed by atoms with van der Waals surface area (Å²) in [5.74, 6) is 0.265. The average molecular weight is 384 g/mol. The molecule has 1 aliphatic rings. The van der Waals surface area contributed by atoms with E-state index < -0.39 is 9.84 Å². The SMILES string of the molecule is O=S1(=O)CC(Br)C(OCc2ccccc2Br)C1. The van der Waals surface area contributed by atoms with Crippen LogP contribution < -0.4 is 0 Å². The Morgan fingerprint density at radius 3 is 2.59 bits per heavy atom. The van der Waals surface area contributed by atoms with Gasteiger partial charge >= 0.3 is 0 Å². The molecule has 0 aromatic heterocycles. The van der Waals surface area contributed by atoms with Crippen molar-refractivity contribution in [1.82, 2.24) is 0 Å². The van der Waals surface area contributed by atoms with Crippen molar-refractivity contribution in [3.05, 3.63) is 34.3 Å². The van der Waals surface area contributed by atoms with Crippen LogP contribution in [-0.4, -0.2) is 30.9 Å². The number of halogens is 2. The number of alkyl halides is 1. The quantitative estimate of drug-likeness (QED) is 0.753. The van der Waals surface area contributed by atoms with E-state index in [-0.39, 0.29) is 22.4 Å². The van der Waals surface area contributed by atoms with Crippen LogP contribution in [0.2, 0.25) is 0 Å². The molecule has 0 spiro atoms. The van der Waals surface area contributed by atoms with Crippen molar-refractivity contribution >= 4 is 41.7 Å². The highest BCUT2D eigenvalue weighted by Gasteiger charge is 2.36. The van der Waals surface area contributed by atoms with Crippen LogP contribution in [0.15, 0.2) is 28.7 Å². The largest absolute Gasteiger partial charge is 0.371 e. The predicted molar refractivity (Wildman–Crippen MR) is 74.1 cm³/mol. The summed E-state index contributed by atoms with van der Waals surface area (Å²) in [6.45, 7) is 0.420. The summed E-state index contributed by atoms with van der Waals surface area (Å²) in [4.78, 5) is -0.102. The summed E-state index contributed by atoms with van der Waals surface area (Å²) < 4.78 is 29.5. The van der Waals surface area contributed by atoms with Crippen molar-refractivity contribution in [3.8, 4) is 0 Å². The topological polar surface area (TPSA) is 43.4 Å². The highest BCUT2D eigenvalue weighted by molar-refractivity contribution is 9.10. The lowest BCUT2D eigenvalue weighted by Gasteiger charge is -2.14. The number of rotatable bonds is 3. The van der Waals surface area contributed by atoms with Crippen molar-refractivity contribution in [2.24, 2.45) is 0 Å². The zero-order chi connectivity index (χ0) is 12.5. The van der Waals surface area contributed by atoms with Crippen LogP contribution in [0.3, 0.4) is 0 Å². The van der Waals surface area contributed by atoms with Crippen LogP contribution in [0.25, 0.3) is 0 Å². The summed E-state index contributed by atoms with van der Waals surface area (Å²) in [6, 6.07) is 7.76. The fourth-order valence-corrected chi connectivity index (χ4v) is 5.60. The predicted octanol–water partition coefficient (Wildman–Crippen LogP) is 2.53. The molecule has 1 fully saturated rings. The van der Waals surface area contributed by atoms with E-state index in [9.17, 15) is 8.42 Å². The van der Waals surface area contributed by atoms with Gasteiger partial charge in [0, 0.05) is 4.47 Å². The fourth-order valence-electron chi connectivity index (χ4n) is 1.74. The lowest BCUT2D eigenvalue weighted by molar-refractivity contribution is 0.0621. The van der Waals surface area contributed by atoms with Gasteiger partial charge in [-0.25, -0.2) is 8.42 Å². The lowest BCUT2D eigenvalue weighted by atomic mass is 10.2. The molecule has 1 heterocycles. The minimum absolute atomic E-state index is 0.102. The Morgan fingerprint density at radius 2 is 2.00 bits per heavy atom. The molecule has 1 saturated heterocycles. The van der Waals surface area contributed by atoms with Gasteiger partial charge in [-0.2, -0.15) is 0 Å². The van der Waals surface area contributed by atoms with Crippen LogP contribution in [0.1, 0.15) is 5.56 Å². The molecule has 2 rings (SSSR count). The Labute approximate surface area is 118 Å². The molecule has 6 heteroatoms. The van der Waals surface area contributed by atoms with Gasteiger partial charge in [0.2, 0.25) is 0 Å². The number of hydrogen-bond acceptors (Lipinski definition) is 3. The van der Waals surface area contributed by atoms with Gasteiger partial charge in [0.15, 0.2) is 9.84 Å². The molecule has 0 bridgehead atoms. The molecule has 2 atom stereocenters. The van der Waals surface area contributed by atoms with Crippen LogP contribution in [0.5, 0.6) is 0 Å². The van der Waals surface area contributed by atoms with Crippen molar-refractivity contribution in [2.75, 3.05) is 11.5 Å². The summed E-state index contributed by atoms with van der Waals surface area (Å²) >= 11 is 6.79. The van der Waals surface area contributed by atoms with Gasteiger partial charge in [0.05, 0.1) is 29.0 Å². The van der Waals surface area contributed by atoms with Crippen molar-refractivity contribution in [2.45, 2.75) is 17.5 Å². The number of hydrogen-bond donors (Lipinski definition) is 0. The maximum absolute atomic E-state index is 11.4. The van der Waals surface area contributed by atoms with Gasteiger partial charge in [0.25, 0.3) is 0 Å². The second-order valence-corrected chi connectivity index (χ2v) is 8.22. The Bertz CT molecular complexity index is 501. The average Bonchev–Trinajstić information content (AvgIpc) is 2.51. The summed E-state index contributed by atoms with van der Waals surface area (Å²) in [5.41, 5.74) is 1.02. The molecule has 3 nitrogen and oxygen atoms in total. The van der Waals surface area contributed by atoms with E-state index in [1.165, 1.54) is 0 Å². The minimum atomic E-state index is -2.94. The Hall–Kier alpha value is 0.0900. The van der Waals surface area contributed by atoms with Crippen molar-refractivity contribution < 1.29 is 13.2 Å². The van der Waals surface area contributed by atoms with Crippen molar-refractivity contribution in [3.63, 3.8) is 0 Å². The van der Waals surface area contributed by atoms with Crippen LogP contribution in [0, 0.1) is 0 Å². The van der Waals surface area contributed by atoms with Crippen LogP contribution in [-0.2, 0) is 21.2 Å². The van der Waals surface area contributed by atoms with Gasteiger partial charge in [0.1, 0.15) is 0 Å². The molecule has 0 radical (unpaired) electrons. The Kier molecular flexibility index (Phi) is 4.28. The van der Waals surface area contributed by atoms with E-state index in [1.807, 2.05) is 24.3 Å². The van der Waals surface area contributed by atoms with Crippen LogP contribution >= 0.6 is 31.9 Å². The summed E-state index contributed by atoms with van der Waals surface area (Å²) in [7, 11) is -2.94. The highest BCUT2D eigenvalue weighted by atomic mass is 79.9.